The first-order valence-electron chi connectivity index (χ1n) is 7.97. The molecule has 0 bridgehead atoms. The number of hydrogen-bond acceptors (Lipinski definition) is 2. The first-order valence-corrected chi connectivity index (χ1v) is 7.97. The highest BCUT2D eigenvalue weighted by atomic mass is 16.2. The van der Waals surface area contributed by atoms with Crippen LogP contribution in [0.25, 0.3) is 0 Å². The van der Waals surface area contributed by atoms with Crippen molar-refractivity contribution in [3.8, 4) is 0 Å². The van der Waals surface area contributed by atoms with Gasteiger partial charge in [-0.15, -0.1) is 0 Å². The average Bonchev–Trinajstić information content (AvgIpc) is 3.21. The zero-order valence-electron chi connectivity index (χ0n) is 13.5. The van der Waals surface area contributed by atoms with E-state index in [0.717, 1.165) is 25.7 Å². The van der Waals surface area contributed by atoms with Gasteiger partial charge in [0.05, 0.1) is 0 Å². The molecule has 20 heavy (non-hydrogen) atoms. The lowest BCUT2D eigenvalue weighted by Gasteiger charge is -2.53. The SMILES string of the molecule is CCCC(C)N1C(=O)C(C)(CC)NC(=O)C1(C)C1CC1. The quantitative estimate of drug-likeness (QED) is 0.841. The van der Waals surface area contributed by atoms with Crippen LogP contribution in [-0.2, 0) is 9.59 Å². The van der Waals surface area contributed by atoms with Crippen LogP contribution in [0.3, 0.4) is 0 Å². The van der Waals surface area contributed by atoms with Crippen LogP contribution in [0.5, 0.6) is 0 Å². The molecule has 2 fully saturated rings. The Hall–Kier alpha value is -1.06. The molecular weight excluding hydrogens is 252 g/mol. The standard InChI is InChI=1S/C16H28N2O2/c1-6-8-11(3)18-14(20)15(4,7-2)17-13(19)16(18,5)12-9-10-12/h11-12H,6-10H2,1-5H3,(H,17,19). The fraction of sp³-hybridized carbons (Fsp3) is 0.875. The van der Waals surface area contributed by atoms with Crippen molar-refractivity contribution in [2.45, 2.75) is 83.8 Å². The minimum Gasteiger partial charge on any atom is -0.340 e. The highest BCUT2D eigenvalue weighted by Crippen LogP contribution is 2.47. The van der Waals surface area contributed by atoms with Crippen molar-refractivity contribution in [3.63, 3.8) is 0 Å². The van der Waals surface area contributed by atoms with Crippen molar-refractivity contribution in [1.82, 2.24) is 10.2 Å². The number of nitrogens with zero attached hydrogens (tertiary/aromatic N) is 1. The number of piperazine rings is 1. The molecular formula is C16H28N2O2. The number of hydrogen-bond donors (Lipinski definition) is 1. The van der Waals surface area contributed by atoms with Gasteiger partial charge in [0.15, 0.2) is 0 Å². The lowest BCUT2D eigenvalue weighted by molar-refractivity contribution is -0.166. The predicted molar refractivity (Wildman–Crippen MR) is 79.2 cm³/mol. The number of nitrogens with one attached hydrogen (secondary N) is 1. The van der Waals surface area contributed by atoms with Crippen LogP contribution in [0.4, 0.5) is 0 Å². The summed E-state index contributed by atoms with van der Waals surface area (Å²) in [5.74, 6) is 0.453. The van der Waals surface area contributed by atoms with Crippen molar-refractivity contribution in [3.05, 3.63) is 0 Å². The number of carbonyl (C=O) groups excluding carboxylic acids is 2. The van der Waals surface area contributed by atoms with Crippen LogP contribution in [0.1, 0.15) is 66.7 Å². The van der Waals surface area contributed by atoms with Gasteiger partial charge in [0, 0.05) is 6.04 Å². The first-order chi connectivity index (χ1) is 9.31. The summed E-state index contributed by atoms with van der Waals surface area (Å²) in [6.07, 6.45) is 4.70. The Balaban J connectivity index is 2.41. The maximum absolute atomic E-state index is 13.0. The van der Waals surface area contributed by atoms with Gasteiger partial charge in [-0.3, -0.25) is 9.59 Å². The van der Waals surface area contributed by atoms with Crippen LogP contribution in [0, 0.1) is 5.92 Å². The van der Waals surface area contributed by atoms with E-state index in [0.29, 0.717) is 12.3 Å². The second kappa shape index (κ2) is 5.05. The molecule has 1 aliphatic carbocycles. The smallest absolute Gasteiger partial charge is 0.249 e. The Morgan fingerprint density at radius 3 is 2.35 bits per heavy atom. The van der Waals surface area contributed by atoms with E-state index in [-0.39, 0.29) is 17.9 Å². The van der Waals surface area contributed by atoms with E-state index in [2.05, 4.69) is 19.2 Å². The summed E-state index contributed by atoms with van der Waals surface area (Å²) in [4.78, 5) is 27.6. The lowest BCUT2D eigenvalue weighted by Crippen LogP contribution is -2.76. The van der Waals surface area contributed by atoms with Crippen molar-refractivity contribution < 1.29 is 9.59 Å². The molecule has 3 unspecified atom stereocenters. The molecule has 0 spiro atoms. The topological polar surface area (TPSA) is 49.4 Å². The first kappa shape index (κ1) is 15.3. The summed E-state index contributed by atoms with van der Waals surface area (Å²) in [7, 11) is 0. The Kier molecular flexibility index (Phi) is 3.87. The molecule has 3 atom stereocenters. The molecule has 0 aromatic heterocycles. The van der Waals surface area contributed by atoms with Gasteiger partial charge >= 0.3 is 0 Å². The molecule has 1 saturated carbocycles. The van der Waals surface area contributed by atoms with Gasteiger partial charge in [-0.05, 0) is 52.4 Å². The second-order valence-corrected chi connectivity index (χ2v) is 6.87. The van der Waals surface area contributed by atoms with E-state index in [1.807, 2.05) is 25.7 Å². The third-order valence-corrected chi connectivity index (χ3v) is 5.27. The largest absolute Gasteiger partial charge is 0.340 e. The Morgan fingerprint density at radius 2 is 1.90 bits per heavy atom. The van der Waals surface area contributed by atoms with E-state index in [1.54, 1.807) is 0 Å². The van der Waals surface area contributed by atoms with Crippen LogP contribution < -0.4 is 5.32 Å². The van der Waals surface area contributed by atoms with Gasteiger partial charge in [-0.25, -0.2) is 0 Å². The Morgan fingerprint density at radius 1 is 1.30 bits per heavy atom. The van der Waals surface area contributed by atoms with E-state index < -0.39 is 11.1 Å². The van der Waals surface area contributed by atoms with Crippen molar-refractivity contribution >= 4 is 11.8 Å². The molecule has 4 nitrogen and oxygen atoms in total. The monoisotopic (exact) mass is 280 g/mol. The molecule has 1 aliphatic heterocycles. The summed E-state index contributed by atoms with van der Waals surface area (Å²) in [6, 6.07) is 0.120. The van der Waals surface area contributed by atoms with Gasteiger partial charge in [0.25, 0.3) is 0 Å². The van der Waals surface area contributed by atoms with Crippen LogP contribution in [0.2, 0.25) is 0 Å². The molecule has 0 aromatic rings. The molecule has 2 aliphatic rings. The molecule has 1 N–H and O–H groups in total. The van der Waals surface area contributed by atoms with E-state index in [4.69, 9.17) is 0 Å². The summed E-state index contributed by atoms with van der Waals surface area (Å²) >= 11 is 0. The van der Waals surface area contributed by atoms with Crippen LogP contribution >= 0.6 is 0 Å². The number of rotatable bonds is 5. The number of amides is 2. The van der Waals surface area contributed by atoms with Gasteiger partial charge in [0.2, 0.25) is 11.8 Å². The molecule has 1 saturated heterocycles. The normalized spacial score (nSPS) is 36.0. The highest BCUT2D eigenvalue weighted by Gasteiger charge is 2.60. The number of carbonyl (C=O) groups is 2. The second-order valence-electron chi connectivity index (χ2n) is 6.87. The van der Waals surface area contributed by atoms with Crippen molar-refractivity contribution in [2.75, 3.05) is 0 Å². The van der Waals surface area contributed by atoms with Crippen LogP contribution in [0.15, 0.2) is 0 Å². The Bertz CT molecular complexity index is 419. The molecule has 114 valence electrons. The highest BCUT2D eigenvalue weighted by molar-refractivity contribution is 6.02. The van der Waals surface area contributed by atoms with E-state index >= 15 is 0 Å². The molecule has 0 aromatic carbocycles. The van der Waals surface area contributed by atoms with Crippen molar-refractivity contribution in [2.24, 2.45) is 5.92 Å². The minimum absolute atomic E-state index is 0.0342. The van der Waals surface area contributed by atoms with Crippen molar-refractivity contribution in [1.29, 1.82) is 0 Å². The Labute approximate surface area is 122 Å². The summed E-state index contributed by atoms with van der Waals surface area (Å²) in [5.41, 5.74) is -1.40. The maximum Gasteiger partial charge on any atom is 0.249 e. The third-order valence-electron chi connectivity index (χ3n) is 5.27. The maximum atomic E-state index is 13.0. The van der Waals surface area contributed by atoms with E-state index in [9.17, 15) is 9.59 Å². The summed E-state index contributed by atoms with van der Waals surface area (Å²) in [6.45, 7) is 9.97. The molecule has 0 radical (unpaired) electrons. The van der Waals surface area contributed by atoms with Gasteiger partial charge < -0.3 is 10.2 Å². The van der Waals surface area contributed by atoms with Gasteiger partial charge in [-0.2, -0.15) is 0 Å². The zero-order chi connectivity index (χ0) is 15.1. The predicted octanol–water partition coefficient (Wildman–Crippen LogP) is 2.47. The molecule has 2 amide bonds. The van der Waals surface area contributed by atoms with E-state index in [1.165, 1.54) is 0 Å². The summed E-state index contributed by atoms with van der Waals surface area (Å²) < 4.78 is 0. The molecule has 2 rings (SSSR count). The zero-order valence-corrected chi connectivity index (χ0v) is 13.5. The fourth-order valence-electron chi connectivity index (χ4n) is 3.49. The third kappa shape index (κ3) is 2.13. The molecule has 4 heteroatoms. The fourth-order valence-corrected chi connectivity index (χ4v) is 3.49. The van der Waals surface area contributed by atoms with Crippen LogP contribution in [-0.4, -0.2) is 33.8 Å². The average molecular weight is 280 g/mol. The van der Waals surface area contributed by atoms with Gasteiger partial charge in [0.1, 0.15) is 11.1 Å². The summed E-state index contributed by atoms with van der Waals surface area (Å²) in [5, 5.41) is 3.00. The minimum atomic E-state index is -0.743. The lowest BCUT2D eigenvalue weighted by atomic mass is 9.81. The van der Waals surface area contributed by atoms with Gasteiger partial charge in [-0.1, -0.05) is 20.3 Å². The molecule has 1 heterocycles.